The van der Waals surface area contributed by atoms with Crippen LogP contribution < -0.4 is 10.1 Å². The molecule has 0 unspecified atom stereocenters. The highest BCUT2D eigenvalue weighted by atomic mass is 35.5. The maximum Gasteiger partial charge on any atom is 0.268 e. The van der Waals surface area contributed by atoms with Gasteiger partial charge in [-0.3, -0.25) is 10.1 Å². The molecule has 2 aromatic carbocycles. The van der Waals surface area contributed by atoms with Crippen molar-refractivity contribution in [2.24, 2.45) is 0 Å². The van der Waals surface area contributed by atoms with Crippen LogP contribution in [-0.2, 0) is 11.2 Å². The molecule has 0 fully saturated rings. The number of nitrogens with zero attached hydrogens (tertiary/aromatic N) is 2. The van der Waals surface area contributed by atoms with Crippen molar-refractivity contribution in [2.75, 3.05) is 11.9 Å². The number of carbonyl (C=O) groups is 1. The number of rotatable bonds is 8. The van der Waals surface area contributed by atoms with Gasteiger partial charge in [-0.25, -0.2) is 4.98 Å². The lowest BCUT2D eigenvalue weighted by molar-refractivity contribution is -0.112. The molecule has 3 aromatic rings. The average Bonchev–Trinajstić information content (AvgIpc) is 3.21. The third-order valence-electron chi connectivity index (χ3n) is 4.22. The van der Waals surface area contributed by atoms with Crippen LogP contribution in [-0.4, -0.2) is 17.5 Å². The topological polar surface area (TPSA) is 75.0 Å². The van der Waals surface area contributed by atoms with Gasteiger partial charge in [0.2, 0.25) is 0 Å². The van der Waals surface area contributed by atoms with Gasteiger partial charge in [0.25, 0.3) is 5.91 Å². The largest absolute Gasteiger partial charge is 0.493 e. The second kappa shape index (κ2) is 11.0. The van der Waals surface area contributed by atoms with E-state index in [9.17, 15) is 10.1 Å². The van der Waals surface area contributed by atoms with Gasteiger partial charge in [0, 0.05) is 23.1 Å². The first-order valence-electron chi connectivity index (χ1n) is 9.54. The van der Waals surface area contributed by atoms with Gasteiger partial charge in [-0.15, -0.1) is 11.3 Å². The Morgan fingerprint density at radius 3 is 2.84 bits per heavy atom. The Labute approximate surface area is 194 Å². The number of anilines is 1. The first-order valence-corrected chi connectivity index (χ1v) is 11.1. The fraction of sp³-hybridized carbons (Fsp3) is 0.174. The van der Waals surface area contributed by atoms with Crippen LogP contribution in [0, 0.1) is 11.3 Å². The third-order valence-corrected chi connectivity index (χ3v) is 5.99. The van der Waals surface area contributed by atoms with E-state index < -0.39 is 5.91 Å². The number of nitriles is 1. The Morgan fingerprint density at radius 2 is 2.06 bits per heavy atom. The van der Waals surface area contributed by atoms with E-state index in [0.717, 1.165) is 16.9 Å². The molecule has 0 spiro atoms. The molecular formula is C23H19Cl2N3O2S. The zero-order chi connectivity index (χ0) is 22.2. The molecule has 1 heterocycles. The van der Waals surface area contributed by atoms with Crippen molar-refractivity contribution in [3.63, 3.8) is 0 Å². The number of para-hydroxylation sites is 1. The van der Waals surface area contributed by atoms with Crippen molar-refractivity contribution in [2.45, 2.75) is 19.8 Å². The summed E-state index contributed by atoms with van der Waals surface area (Å²) in [7, 11) is 0. The van der Waals surface area contributed by atoms with E-state index >= 15 is 0 Å². The van der Waals surface area contributed by atoms with E-state index in [1.807, 2.05) is 43.3 Å². The van der Waals surface area contributed by atoms with Crippen LogP contribution in [0.2, 0.25) is 10.0 Å². The highest BCUT2D eigenvalue weighted by molar-refractivity contribution is 7.15. The second-order valence-corrected chi connectivity index (χ2v) is 8.43. The number of aromatic nitrogens is 1. The second-order valence-electron chi connectivity index (χ2n) is 6.53. The summed E-state index contributed by atoms with van der Waals surface area (Å²) in [5, 5.41) is 13.6. The van der Waals surface area contributed by atoms with Crippen LogP contribution in [0.1, 0.15) is 29.3 Å². The SMILES string of the molecule is CCCOc1ccccc1/C=C(\C#N)C(=O)Nc1ncc(Cc2cccc(Cl)c2Cl)s1. The van der Waals surface area contributed by atoms with Crippen molar-refractivity contribution in [3.8, 4) is 11.8 Å². The summed E-state index contributed by atoms with van der Waals surface area (Å²) in [5.74, 6) is 0.0920. The van der Waals surface area contributed by atoms with Crippen LogP contribution in [0.3, 0.4) is 0 Å². The lowest BCUT2D eigenvalue weighted by Crippen LogP contribution is -2.13. The summed E-state index contributed by atoms with van der Waals surface area (Å²) in [6.45, 7) is 2.56. The summed E-state index contributed by atoms with van der Waals surface area (Å²) in [4.78, 5) is 17.8. The zero-order valence-corrected chi connectivity index (χ0v) is 19.0. The Bertz CT molecular complexity index is 1150. The van der Waals surface area contributed by atoms with E-state index in [0.29, 0.717) is 39.5 Å². The van der Waals surface area contributed by atoms with Crippen molar-refractivity contribution >= 4 is 51.7 Å². The molecule has 0 atom stereocenters. The highest BCUT2D eigenvalue weighted by Crippen LogP contribution is 2.30. The maximum atomic E-state index is 12.6. The van der Waals surface area contributed by atoms with Crippen LogP contribution in [0.15, 0.2) is 54.2 Å². The van der Waals surface area contributed by atoms with Crippen LogP contribution in [0.4, 0.5) is 5.13 Å². The highest BCUT2D eigenvalue weighted by Gasteiger charge is 2.14. The number of hydrogen-bond acceptors (Lipinski definition) is 5. The van der Waals surface area contributed by atoms with Crippen molar-refractivity contribution in [1.29, 1.82) is 5.26 Å². The van der Waals surface area contributed by atoms with Gasteiger partial charge in [-0.2, -0.15) is 5.26 Å². The molecule has 0 bridgehead atoms. The summed E-state index contributed by atoms with van der Waals surface area (Å²) in [6, 6.07) is 14.7. The molecule has 0 aliphatic heterocycles. The molecule has 8 heteroatoms. The number of thiazole rings is 1. The van der Waals surface area contributed by atoms with Gasteiger partial charge >= 0.3 is 0 Å². The molecule has 0 saturated carbocycles. The van der Waals surface area contributed by atoms with Crippen LogP contribution >= 0.6 is 34.5 Å². The molecule has 1 amide bonds. The Balaban J connectivity index is 1.73. The van der Waals surface area contributed by atoms with Crippen molar-refractivity contribution in [1.82, 2.24) is 4.98 Å². The van der Waals surface area contributed by atoms with E-state index in [-0.39, 0.29) is 5.57 Å². The van der Waals surface area contributed by atoms with Crippen molar-refractivity contribution in [3.05, 3.63) is 80.3 Å². The maximum absolute atomic E-state index is 12.6. The third kappa shape index (κ3) is 6.08. The minimum Gasteiger partial charge on any atom is -0.493 e. The number of carbonyl (C=O) groups excluding carboxylic acids is 1. The summed E-state index contributed by atoms with van der Waals surface area (Å²) in [5.41, 5.74) is 1.50. The lowest BCUT2D eigenvalue weighted by Gasteiger charge is -2.08. The number of nitrogens with one attached hydrogen (secondary N) is 1. The van der Waals surface area contributed by atoms with Gasteiger partial charge in [-0.1, -0.05) is 60.5 Å². The van der Waals surface area contributed by atoms with E-state index in [4.69, 9.17) is 27.9 Å². The standard InChI is InChI=1S/C23H19Cl2N3O2S/c1-2-10-30-20-9-4-3-6-15(20)11-17(13-26)22(29)28-23-27-14-18(31-23)12-16-7-5-8-19(24)21(16)25/h3-9,11,14H,2,10,12H2,1H3,(H,27,28,29)/b17-11+. The molecule has 5 nitrogen and oxygen atoms in total. The molecule has 0 radical (unpaired) electrons. The average molecular weight is 472 g/mol. The fourth-order valence-corrected chi connectivity index (χ4v) is 3.95. The van der Waals surface area contributed by atoms with Gasteiger partial charge in [0.05, 0.1) is 16.7 Å². The van der Waals surface area contributed by atoms with E-state index in [2.05, 4.69) is 10.3 Å². The van der Waals surface area contributed by atoms with E-state index in [1.54, 1.807) is 18.3 Å². The first-order chi connectivity index (χ1) is 15.0. The number of benzene rings is 2. The first kappa shape index (κ1) is 22.8. The Hall–Kier alpha value is -2.85. The number of halogens is 2. The molecule has 158 valence electrons. The summed E-state index contributed by atoms with van der Waals surface area (Å²) in [6.07, 6.45) is 4.58. The smallest absolute Gasteiger partial charge is 0.268 e. The van der Waals surface area contributed by atoms with Gasteiger partial charge in [0.15, 0.2) is 5.13 Å². The summed E-state index contributed by atoms with van der Waals surface area (Å²) < 4.78 is 5.69. The molecule has 0 aliphatic rings. The number of amides is 1. The van der Waals surface area contributed by atoms with Crippen LogP contribution in [0.25, 0.3) is 6.08 Å². The molecule has 0 saturated heterocycles. The normalized spacial score (nSPS) is 11.1. The molecule has 1 N–H and O–H groups in total. The minimum absolute atomic E-state index is 0.0396. The van der Waals surface area contributed by atoms with Gasteiger partial charge < -0.3 is 4.74 Å². The summed E-state index contributed by atoms with van der Waals surface area (Å²) >= 11 is 13.6. The molecule has 0 aliphatic carbocycles. The monoisotopic (exact) mass is 471 g/mol. The van der Waals surface area contributed by atoms with Gasteiger partial charge in [-0.05, 0) is 30.2 Å². The fourth-order valence-electron chi connectivity index (χ4n) is 2.73. The predicted octanol–water partition coefficient (Wildman–Crippen LogP) is 6.38. The zero-order valence-electron chi connectivity index (χ0n) is 16.7. The van der Waals surface area contributed by atoms with Crippen molar-refractivity contribution < 1.29 is 9.53 Å². The van der Waals surface area contributed by atoms with E-state index in [1.165, 1.54) is 17.4 Å². The molecule has 3 rings (SSSR count). The molecule has 1 aromatic heterocycles. The lowest BCUT2D eigenvalue weighted by atomic mass is 10.1. The predicted molar refractivity (Wildman–Crippen MR) is 126 cm³/mol. The Kier molecular flexibility index (Phi) is 8.07. The van der Waals surface area contributed by atoms with Crippen LogP contribution in [0.5, 0.6) is 5.75 Å². The quantitative estimate of drug-likeness (QED) is 0.305. The minimum atomic E-state index is -0.533. The Morgan fingerprint density at radius 1 is 1.26 bits per heavy atom. The number of ether oxygens (including phenoxy) is 1. The van der Waals surface area contributed by atoms with Gasteiger partial charge in [0.1, 0.15) is 17.4 Å². The number of hydrogen-bond donors (Lipinski definition) is 1. The molecule has 31 heavy (non-hydrogen) atoms. The molecular weight excluding hydrogens is 453 g/mol.